The zero-order valence-corrected chi connectivity index (χ0v) is 11.4. The topological polar surface area (TPSA) is 40.5 Å². The van der Waals surface area contributed by atoms with Crippen LogP contribution in [0.2, 0.25) is 10.0 Å². The summed E-state index contributed by atoms with van der Waals surface area (Å²) in [5.41, 5.74) is 1.03. The lowest BCUT2D eigenvalue weighted by molar-refractivity contribution is -0.138. The van der Waals surface area contributed by atoms with E-state index < -0.39 is 5.97 Å². The van der Waals surface area contributed by atoms with Gasteiger partial charge in [-0.2, -0.15) is 0 Å². The molecule has 0 spiro atoms. The Labute approximate surface area is 116 Å². The van der Waals surface area contributed by atoms with E-state index in [1.165, 1.54) is 0 Å². The molecule has 2 rings (SSSR count). The van der Waals surface area contributed by atoms with E-state index in [4.69, 9.17) is 28.3 Å². The summed E-state index contributed by atoms with van der Waals surface area (Å²) in [6, 6.07) is 5.58. The molecule has 0 aromatic heterocycles. The third kappa shape index (κ3) is 3.61. The molecule has 1 unspecified atom stereocenters. The number of halogens is 2. The first-order chi connectivity index (χ1) is 8.54. The van der Waals surface area contributed by atoms with Gasteiger partial charge in [0.25, 0.3) is 0 Å². The molecule has 3 nitrogen and oxygen atoms in total. The van der Waals surface area contributed by atoms with Gasteiger partial charge in [-0.15, -0.1) is 0 Å². The summed E-state index contributed by atoms with van der Waals surface area (Å²) >= 11 is 11.9. The van der Waals surface area contributed by atoms with Crippen LogP contribution in [0.5, 0.6) is 0 Å². The third-order valence-electron chi connectivity index (χ3n) is 3.22. The summed E-state index contributed by atoms with van der Waals surface area (Å²) in [6.07, 6.45) is 2.20. The molecule has 1 heterocycles. The van der Waals surface area contributed by atoms with Crippen LogP contribution in [0.4, 0.5) is 0 Å². The highest BCUT2D eigenvalue weighted by Crippen LogP contribution is 2.25. The van der Waals surface area contributed by atoms with E-state index in [1.54, 1.807) is 6.07 Å². The van der Waals surface area contributed by atoms with Crippen molar-refractivity contribution in [3.8, 4) is 0 Å². The number of carbonyl (C=O) groups is 1. The zero-order valence-electron chi connectivity index (χ0n) is 9.90. The van der Waals surface area contributed by atoms with Crippen LogP contribution in [0, 0.1) is 0 Å². The molecule has 1 N–H and O–H groups in total. The molecule has 1 aromatic rings. The van der Waals surface area contributed by atoms with E-state index in [0.29, 0.717) is 16.6 Å². The van der Waals surface area contributed by atoms with Crippen molar-refractivity contribution < 1.29 is 9.90 Å². The lowest BCUT2D eigenvalue weighted by Gasteiger charge is -2.23. The van der Waals surface area contributed by atoms with E-state index in [-0.39, 0.29) is 12.5 Å². The molecular formula is C13H15Cl2NO2. The minimum absolute atomic E-state index is 0.125. The SMILES string of the molecule is O=C(O)CC1CCCN1Cc1cc(Cl)cc(Cl)c1. The highest BCUT2D eigenvalue weighted by Gasteiger charge is 2.26. The molecule has 1 aliphatic heterocycles. The Hall–Kier alpha value is -0.770. The molecule has 0 bridgehead atoms. The molecule has 0 amide bonds. The Morgan fingerprint density at radius 2 is 2.00 bits per heavy atom. The van der Waals surface area contributed by atoms with Crippen LogP contribution in [0.1, 0.15) is 24.8 Å². The number of likely N-dealkylation sites (tertiary alicyclic amines) is 1. The van der Waals surface area contributed by atoms with Crippen LogP contribution in [-0.4, -0.2) is 28.6 Å². The second kappa shape index (κ2) is 5.91. The van der Waals surface area contributed by atoms with Crippen molar-refractivity contribution in [1.82, 2.24) is 4.90 Å². The highest BCUT2D eigenvalue weighted by molar-refractivity contribution is 6.34. The summed E-state index contributed by atoms with van der Waals surface area (Å²) in [7, 11) is 0. The van der Waals surface area contributed by atoms with Crippen molar-refractivity contribution in [3.63, 3.8) is 0 Å². The summed E-state index contributed by atoms with van der Waals surface area (Å²) in [5.74, 6) is -0.740. The molecule has 0 aliphatic carbocycles. The monoisotopic (exact) mass is 287 g/mol. The van der Waals surface area contributed by atoms with Gasteiger partial charge in [0, 0.05) is 22.6 Å². The fourth-order valence-corrected chi connectivity index (χ4v) is 3.04. The second-order valence-corrected chi connectivity index (χ2v) is 5.51. The van der Waals surface area contributed by atoms with Gasteiger partial charge in [-0.05, 0) is 43.1 Å². The summed E-state index contributed by atoms with van der Waals surface area (Å²) in [5, 5.41) is 10.1. The molecule has 0 radical (unpaired) electrons. The number of hydrogen-bond donors (Lipinski definition) is 1. The maximum absolute atomic E-state index is 10.8. The quantitative estimate of drug-likeness (QED) is 0.922. The average Bonchev–Trinajstić information content (AvgIpc) is 2.63. The lowest BCUT2D eigenvalue weighted by Crippen LogP contribution is -2.30. The lowest BCUT2D eigenvalue weighted by atomic mass is 10.1. The van der Waals surface area contributed by atoms with Crippen LogP contribution < -0.4 is 0 Å². The number of carboxylic acids is 1. The van der Waals surface area contributed by atoms with Crippen molar-refractivity contribution in [3.05, 3.63) is 33.8 Å². The van der Waals surface area contributed by atoms with E-state index in [0.717, 1.165) is 24.9 Å². The van der Waals surface area contributed by atoms with Crippen LogP contribution in [-0.2, 0) is 11.3 Å². The fourth-order valence-electron chi connectivity index (χ4n) is 2.47. The standard InChI is InChI=1S/C13H15Cl2NO2/c14-10-4-9(5-11(15)6-10)8-16-3-1-2-12(16)7-13(17)18/h4-6,12H,1-3,7-8H2,(H,17,18). The van der Waals surface area contributed by atoms with E-state index in [2.05, 4.69) is 4.90 Å². The molecule has 0 saturated carbocycles. The van der Waals surface area contributed by atoms with Gasteiger partial charge in [-0.3, -0.25) is 9.69 Å². The minimum atomic E-state index is -0.740. The maximum Gasteiger partial charge on any atom is 0.304 e. The maximum atomic E-state index is 10.8. The van der Waals surface area contributed by atoms with Crippen molar-refractivity contribution in [2.24, 2.45) is 0 Å². The van der Waals surface area contributed by atoms with E-state index in [1.807, 2.05) is 12.1 Å². The second-order valence-electron chi connectivity index (χ2n) is 4.64. The highest BCUT2D eigenvalue weighted by atomic mass is 35.5. The number of rotatable bonds is 4. The van der Waals surface area contributed by atoms with Crippen LogP contribution in [0.3, 0.4) is 0 Å². The van der Waals surface area contributed by atoms with Gasteiger partial charge in [0.05, 0.1) is 6.42 Å². The molecule has 1 aromatic carbocycles. The zero-order chi connectivity index (χ0) is 13.1. The van der Waals surface area contributed by atoms with Crippen LogP contribution in [0.25, 0.3) is 0 Å². The average molecular weight is 288 g/mol. The van der Waals surface area contributed by atoms with Gasteiger partial charge in [0.15, 0.2) is 0 Å². The summed E-state index contributed by atoms with van der Waals surface area (Å²) < 4.78 is 0. The van der Waals surface area contributed by atoms with Gasteiger partial charge in [0.1, 0.15) is 0 Å². The first kappa shape index (κ1) is 13.7. The Bertz CT molecular complexity index is 430. The molecule has 1 saturated heterocycles. The predicted octanol–water partition coefficient (Wildman–Crippen LogP) is 3.43. The largest absolute Gasteiger partial charge is 0.481 e. The Morgan fingerprint density at radius 3 is 2.61 bits per heavy atom. The van der Waals surface area contributed by atoms with Gasteiger partial charge < -0.3 is 5.11 Å². The normalized spacial score (nSPS) is 20.2. The molecule has 1 aliphatic rings. The molecule has 5 heteroatoms. The van der Waals surface area contributed by atoms with E-state index in [9.17, 15) is 4.79 Å². The minimum Gasteiger partial charge on any atom is -0.481 e. The molecule has 1 atom stereocenters. The number of benzene rings is 1. The molecule has 98 valence electrons. The first-order valence-corrected chi connectivity index (χ1v) is 6.71. The van der Waals surface area contributed by atoms with Crippen LogP contribution >= 0.6 is 23.2 Å². The number of carboxylic acid groups (broad SMARTS) is 1. The van der Waals surface area contributed by atoms with Crippen LogP contribution in [0.15, 0.2) is 18.2 Å². The third-order valence-corrected chi connectivity index (χ3v) is 3.65. The molecule has 18 heavy (non-hydrogen) atoms. The molecule has 1 fully saturated rings. The number of hydrogen-bond acceptors (Lipinski definition) is 2. The van der Waals surface area contributed by atoms with Crippen molar-refractivity contribution in [1.29, 1.82) is 0 Å². The van der Waals surface area contributed by atoms with E-state index >= 15 is 0 Å². The number of nitrogens with zero attached hydrogens (tertiary/aromatic N) is 1. The number of aliphatic carboxylic acids is 1. The Kier molecular flexibility index (Phi) is 4.49. The first-order valence-electron chi connectivity index (χ1n) is 5.95. The summed E-state index contributed by atoms with van der Waals surface area (Å²) in [4.78, 5) is 13.0. The Morgan fingerprint density at radius 1 is 1.33 bits per heavy atom. The smallest absolute Gasteiger partial charge is 0.304 e. The van der Waals surface area contributed by atoms with Gasteiger partial charge in [-0.1, -0.05) is 23.2 Å². The van der Waals surface area contributed by atoms with Gasteiger partial charge >= 0.3 is 5.97 Å². The van der Waals surface area contributed by atoms with Crippen molar-refractivity contribution in [2.75, 3.05) is 6.54 Å². The fraction of sp³-hybridized carbons (Fsp3) is 0.462. The van der Waals surface area contributed by atoms with Gasteiger partial charge in [0.2, 0.25) is 0 Å². The Balaban J connectivity index is 2.05. The summed E-state index contributed by atoms with van der Waals surface area (Å²) in [6.45, 7) is 1.64. The van der Waals surface area contributed by atoms with Gasteiger partial charge in [-0.25, -0.2) is 0 Å². The predicted molar refractivity (Wildman–Crippen MR) is 72.1 cm³/mol. The molecular weight excluding hydrogens is 273 g/mol. The van der Waals surface area contributed by atoms with Crippen molar-refractivity contribution >= 4 is 29.2 Å². The van der Waals surface area contributed by atoms with Crippen molar-refractivity contribution in [2.45, 2.75) is 31.8 Å².